The first-order valence-electron chi connectivity index (χ1n) is 7.00. The summed E-state index contributed by atoms with van der Waals surface area (Å²) in [6.45, 7) is 8.91. The largest absolute Gasteiger partial charge is 0.330 e. The molecule has 0 aliphatic heterocycles. The Morgan fingerprint density at radius 2 is 1.84 bits per heavy atom. The third kappa shape index (κ3) is 5.03. The number of carbonyl (C=O) groups is 1. The Labute approximate surface area is 116 Å². The molecule has 0 radical (unpaired) electrons. The number of nitrogens with one attached hydrogen (secondary N) is 1. The summed E-state index contributed by atoms with van der Waals surface area (Å²) in [7, 11) is 0. The van der Waals surface area contributed by atoms with Crippen LogP contribution in [-0.2, 0) is 4.79 Å². The molecule has 0 saturated carbocycles. The summed E-state index contributed by atoms with van der Waals surface area (Å²) in [4.78, 5) is 12.1. The first-order valence-corrected chi connectivity index (χ1v) is 7.00. The van der Waals surface area contributed by atoms with Crippen molar-refractivity contribution < 1.29 is 4.79 Å². The summed E-state index contributed by atoms with van der Waals surface area (Å²) in [5.74, 6) is 0.902. The van der Waals surface area contributed by atoms with Crippen LogP contribution in [-0.4, -0.2) is 12.5 Å². The van der Waals surface area contributed by atoms with Gasteiger partial charge in [-0.25, -0.2) is 0 Å². The normalized spacial score (nSPS) is 12.5. The lowest BCUT2D eigenvalue weighted by atomic mass is 9.94. The number of para-hydroxylation sites is 1. The summed E-state index contributed by atoms with van der Waals surface area (Å²) in [5, 5.41) is 3.02. The van der Waals surface area contributed by atoms with E-state index in [1.807, 2.05) is 32.0 Å². The van der Waals surface area contributed by atoms with Crippen molar-refractivity contribution >= 4 is 11.6 Å². The van der Waals surface area contributed by atoms with E-state index >= 15 is 0 Å². The van der Waals surface area contributed by atoms with E-state index in [1.54, 1.807) is 0 Å². The SMILES string of the molecule is Cc1cccc(C)c1NC(=O)C[C@@H](CN)CC(C)C. The molecule has 0 heterocycles. The number of amides is 1. The third-order valence-corrected chi connectivity index (χ3v) is 3.36. The molecule has 0 saturated heterocycles. The maximum Gasteiger partial charge on any atom is 0.224 e. The van der Waals surface area contributed by atoms with Crippen LogP contribution in [0.3, 0.4) is 0 Å². The fourth-order valence-electron chi connectivity index (χ4n) is 2.39. The minimum atomic E-state index is 0.0634. The first-order chi connectivity index (χ1) is 8.93. The van der Waals surface area contributed by atoms with Crippen molar-refractivity contribution in [3.05, 3.63) is 29.3 Å². The lowest BCUT2D eigenvalue weighted by Gasteiger charge is -2.18. The Balaban J connectivity index is 2.64. The smallest absolute Gasteiger partial charge is 0.224 e. The maximum atomic E-state index is 12.1. The fourth-order valence-corrected chi connectivity index (χ4v) is 2.39. The highest BCUT2D eigenvalue weighted by atomic mass is 16.1. The predicted octanol–water partition coefficient (Wildman–Crippen LogP) is 3.25. The van der Waals surface area contributed by atoms with Gasteiger partial charge in [-0.3, -0.25) is 4.79 Å². The Morgan fingerprint density at radius 3 is 2.32 bits per heavy atom. The minimum absolute atomic E-state index is 0.0634. The van der Waals surface area contributed by atoms with Crippen molar-refractivity contribution in [2.75, 3.05) is 11.9 Å². The highest BCUT2D eigenvalue weighted by molar-refractivity contribution is 5.92. The zero-order valence-electron chi connectivity index (χ0n) is 12.5. The molecule has 0 aliphatic rings. The van der Waals surface area contributed by atoms with Gasteiger partial charge in [-0.1, -0.05) is 32.0 Å². The topological polar surface area (TPSA) is 55.1 Å². The van der Waals surface area contributed by atoms with Crippen LogP contribution in [0.5, 0.6) is 0 Å². The molecule has 0 unspecified atom stereocenters. The Morgan fingerprint density at radius 1 is 1.26 bits per heavy atom. The average Bonchev–Trinajstić information content (AvgIpc) is 2.32. The molecule has 106 valence electrons. The molecule has 0 bridgehead atoms. The van der Waals surface area contributed by atoms with Gasteiger partial charge in [0.2, 0.25) is 5.91 Å². The Kier molecular flexibility index (Phi) is 6.03. The molecule has 0 aromatic heterocycles. The summed E-state index contributed by atoms with van der Waals surface area (Å²) in [6.07, 6.45) is 1.50. The van der Waals surface area contributed by atoms with E-state index in [1.165, 1.54) is 0 Å². The number of anilines is 1. The molecule has 19 heavy (non-hydrogen) atoms. The predicted molar refractivity (Wildman–Crippen MR) is 81.2 cm³/mol. The van der Waals surface area contributed by atoms with Gasteiger partial charge in [0.25, 0.3) is 0 Å². The standard InChI is InChI=1S/C16H26N2O/c1-11(2)8-14(10-17)9-15(19)18-16-12(3)6-5-7-13(16)4/h5-7,11,14H,8-10,17H2,1-4H3,(H,18,19)/t14-/m0/s1. The second-order valence-electron chi connectivity index (χ2n) is 5.75. The molecule has 0 spiro atoms. The third-order valence-electron chi connectivity index (χ3n) is 3.36. The summed E-state index contributed by atoms with van der Waals surface area (Å²) >= 11 is 0. The lowest BCUT2D eigenvalue weighted by Crippen LogP contribution is -2.24. The van der Waals surface area contributed by atoms with Gasteiger partial charge in [0, 0.05) is 12.1 Å². The number of hydrogen-bond donors (Lipinski definition) is 2. The van der Waals surface area contributed by atoms with Crippen LogP contribution in [0.25, 0.3) is 0 Å². The van der Waals surface area contributed by atoms with Gasteiger partial charge in [0.05, 0.1) is 0 Å². The summed E-state index contributed by atoms with van der Waals surface area (Å²) in [6, 6.07) is 6.02. The van der Waals surface area contributed by atoms with E-state index in [0.717, 1.165) is 23.2 Å². The number of nitrogens with two attached hydrogens (primary N) is 1. The highest BCUT2D eigenvalue weighted by Crippen LogP contribution is 2.21. The molecule has 0 aliphatic carbocycles. The zero-order valence-corrected chi connectivity index (χ0v) is 12.5. The van der Waals surface area contributed by atoms with Gasteiger partial charge in [-0.05, 0) is 49.8 Å². The van der Waals surface area contributed by atoms with Crippen molar-refractivity contribution in [1.82, 2.24) is 0 Å². The van der Waals surface area contributed by atoms with Gasteiger partial charge in [0.15, 0.2) is 0 Å². The summed E-state index contributed by atoms with van der Waals surface area (Å²) in [5.41, 5.74) is 8.88. The van der Waals surface area contributed by atoms with Crippen molar-refractivity contribution in [1.29, 1.82) is 0 Å². The molecule has 3 heteroatoms. The number of carbonyl (C=O) groups excluding carboxylic acids is 1. The van der Waals surface area contributed by atoms with Crippen molar-refractivity contribution in [2.24, 2.45) is 17.6 Å². The molecule has 1 amide bonds. The molecule has 3 N–H and O–H groups in total. The van der Waals surface area contributed by atoms with Crippen LogP contribution in [0.4, 0.5) is 5.69 Å². The van der Waals surface area contributed by atoms with Crippen LogP contribution in [0.1, 0.15) is 37.8 Å². The zero-order chi connectivity index (χ0) is 14.4. The van der Waals surface area contributed by atoms with E-state index in [2.05, 4.69) is 19.2 Å². The molecule has 0 fully saturated rings. The van der Waals surface area contributed by atoms with Crippen LogP contribution in [0, 0.1) is 25.7 Å². The minimum Gasteiger partial charge on any atom is -0.330 e. The average molecular weight is 262 g/mol. The van der Waals surface area contributed by atoms with E-state index in [9.17, 15) is 4.79 Å². The van der Waals surface area contributed by atoms with E-state index in [-0.39, 0.29) is 11.8 Å². The van der Waals surface area contributed by atoms with Crippen LogP contribution < -0.4 is 11.1 Å². The van der Waals surface area contributed by atoms with Gasteiger partial charge >= 0.3 is 0 Å². The van der Waals surface area contributed by atoms with Crippen molar-refractivity contribution in [2.45, 2.75) is 40.5 Å². The number of hydrogen-bond acceptors (Lipinski definition) is 2. The quantitative estimate of drug-likeness (QED) is 0.826. The Bertz CT molecular complexity index is 407. The maximum absolute atomic E-state index is 12.1. The van der Waals surface area contributed by atoms with Crippen LogP contribution >= 0.6 is 0 Å². The molecular weight excluding hydrogens is 236 g/mol. The number of aryl methyl sites for hydroxylation is 2. The fraction of sp³-hybridized carbons (Fsp3) is 0.562. The molecule has 1 atom stereocenters. The number of benzene rings is 1. The molecular formula is C16H26N2O. The van der Waals surface area contributed by atoms with Gasteiger partial charge in [-0.2, -0.15) is 0 Å². The van der Waals surface area contributed by atoms with Gasteiger partial charge in [0.1, 0.15) is 0 Å². The van der Waals surface area contributed by atoms with E-state index < -0.39 is 0 Å². The van der Waals surface area contributed by atoms with Crippen molar-refractivity contribution in [3.8, 4) is 0 Å². The molecule has 1 aromatic carbocycles. The summed E-state index contributed by atoms with van der Waals surface area (Å²) < 4.78 is 0. The van der Waals surface area contributed by atoms with Crippen molar-refractivity contribution in [3.63, 3.8) is 0 Å². The second-order valence-corrected chi connectivity index (χ2v) is 5.75. The van der Waals surface area contributed by atoms with E-state index in [0.29, 0.717) is 18.9 Å². The number of rotatable bonds is 6. The molecule has 1 rings (SSSR count). The first kappa shape index (κ1) is 15.7. The molecule has 3 nitrogen and oxygen atoms in total. The van der Waals surface area contributed by atoms with E-state index in [4.69, 9.17) is 5.73 Å². The van der Waals surface area contributed by atoms with Crippen LogP contribution in [0.15, 0.2) is 18.2 Å². The monoisotopic (exact) mass is 262 g/mol. The molecule has 1 aromatic rings. The van der Waals surface area contributed by atoms with Gasteiger partial charge in [-0.15, -0.1) is 0 Å². The highest BCUT2D eigenvalue weighted by Gasteiger charge is 2.15. The Hall–Kier alpha value is -1.35. The van der Waals surface area contributed by atoms with Gasteiger partial charge < -0.3 is 11.1 Å². The second kappa shape index (κ2) is 7.29. The van der Waals surface area contributed by atoms with Crippen LogP contribution in [0.2, 0.25) is 0 Å². The lowest BCUT2D eigenvalue weighted by molar-refractivity contribution is -0.117.